The highest BCUT2D eigenvalue weighted by molar-refractivity contribution is 6.33. The van der Waals surface area contributed by atoms with Crippen LogP contribution in [0.15, 0.2) is 60.7 Å². The smallest absolute Gasteiger partial charge is 0.161 e. The quantitative estimate of drug-likeness (QED) is 0.476. The molecule has 0 unspecified atom stereocenters. The largest absolute Gasteiger partial charge is 0.493 e. The van der Waals surface area contributed by atoms with E-state index < -0.39 is 0 Å². The molecule has 1 aliphatic heterocycles. The molecule has 1 fully saturated rings. The van der Waals surface area contributed by atoms with Crippen LogP contribution in [0, 0.1) is 6.92 Å². The van der Waals surface area contributed by atoms with Crippen LogP contribution >= 0.6 is 11.6 Å². The molecule has 1 aliphatic rings. The molecule has 0 aromatic heterocycles. The molecule has 0 atom stereocenters. The molecule has 6 heteroatoms. The molecule has 0 saturated carbocycles. The Morgan fingerprint density at radius 1 is 1.00 bits per heavy atom. The number of aryl methyl sites for hydroxylation is 1. The summed E-state index contributed by atoms with van der Waals surface area (Å²) in [7, 11) is 1.66. The summed E-state index contributed by atoms with van der Waals surface area (Å²) in [4.78, 5) is 2.26. The predicted octanol–water partition coefficient (Wildman–Crippen LogP) is 5.68. The van der Waals surface area contributed by atoms with Gasteiger partial charge in [-0.25, -0.2) is 0 Å². The summed E-state index contributed by atoms with van der Waals surface area (Å²) < 4.78 is 17.0. The van der Waals surface area contributed by atoms with E-state index >= 15 is 0 Å². The minimum Gasteiger partial charge on any atom is -0.493 e. The first kappa shape index (κ1) is 22.3. The normalized spacial score (nSPS) is 13.7. The van der Waals surface area contributed by atoms with Crippen LogP contribution in [0.3, 0.4) is 0 Å². The van der Waals surface area contributed by atoms with E-state index in [1.165, 1.54) is 5.56 Å². The van der Waals surface area contributed by atoms with E-state index in [9.17, 15) is 0 Å². The maximum absolute atomic E-state index is 6.55. The monoisotopic (exact) mass is 452 g/mol. The molecular weight excluding hydrogens is 424 g/mol. The standard InChI is InChI=1S/C26H29ClN2O3/c1-19-5-3-4-6-21(19)18-32-25-10-7-20(15-26(25)30-2)17-28-22-8-9-24(23(27)16-22)29-11-13-31-14-12-29/h3-10,15-16,28H,11-14,17-18H2,1-2H3. The molecule has 3 aromatic rings. The van der Waals surface area contributed by atoms with Crippen LogP contribution in [0.25, 0.3) is 0 Å². The number of rotatable bonds is 8. The van der Waals surface area contributed by atoms with Gasteiger partial charge in [0, 0.05) is 25.3 Å². The van der Waals surface area contributed by atoms with Crippen molar-refractivity contribution >= 4 is 23.0 Å². The maximum Gasteiger partial charge on any atom is 0.161 e. The summed E-state index contributed by atoms with van der Waals surface area (Å²) in [6.07, 6.45) is 0. The fourth-order valence-electron chi connectivity index (χ4n) is 3.75. The minimum atomic E-state index is 0.509. The van der Waals surface area contributed by atoms with Gasteiger partial charge in [-0.1, -0.05) is 41.9 Å². The molecule has 0 aliphatic carbocycles. The van der Waals surface area contributed by atoms with Gasteiger partial charge < -0.3 is 24.4 Å². The van der Waals surface area contributed by atoms with Crippen LogP contribution in [0.2, 0.25) is 5.02 Å². The van der Waals surface area contributed by atoms with Gasteiger partial charge >= 0.3 is 0 Å². The van der Waals surface area contributed by atoms with Crippen LogP contribution in [0.4, 0.5) is 11.4 Å². The van der Waals surface area contributed by atoms with Crippen molar-refractivity contribution in [3.05, 3.63) is 82.4 Å². The first-order valence-corrected chi connectivity index (χ1v) is 11.2. The lowest BCUT2D eigenvalue weighted by Gasteiger charge is -2.29. The van der Waals surface area contributed by atoms with Crippen LogP contribution in [0.1, 0.15) is 16.7 Å². The van der Waals surface area contributed by atoms with Gasteiger partial charge in [0.15, 0.2) is 11.5 Å². The fraction of sp³-hybridized carbons (Fsp3) is 0.308. The third kappa shape index (κ3) is 5.47. The minimum absolute atomic E-state index is 0.509. The second-order valence-corrected chi connectivity index (χ2v) is 8.23. The second kappa shape index (κ2) is 10.6. The molecule has 1 heterocycles. The van der Waals surface area contributed by atoms with E-state index in [1.807, 2.05) is 36.4 Å². The first-order valence-electron chi connectivity index (χ1n) is 10.8. The molecule has 1 N–H and O–H groups in total. The average Bonchev–Trinajstić information content (AvgIpc) is 2.83. The second-order valence-electron chi connectivity index (χ2n) is 7.82. The Morgan fingerprint density at radius 3 is 2.56 bits per heavy atom. The van der Waals surface area contributed by atoms with E-state index in [0.29, 0.717) is 13.2 Å². The Hall–Kier alpha value is -2.89. The zero-order valence-corrected chi connectivity index (χ0v) is 19.3. The summed E-state index contributed by atoms with van der Waals surface area (Å²) >= 11 is 6.55. The SMILES string of the molecule is COc1cc(CNc2ccc(N3CCOCC3)c(Cl)c2)ccc1OCc1ccccc1C. The molecule has 4 rings (SSSR count). The lowest BCUT2D eigenvalue weighted by molar-refractivity contribution is 0.122. The highest BCUT2D eigenvalue weighted by atomic mass is 35.5. The van der Waals surface area contributed by atoms with Crippen molar-refractivity contribution in [3.8, 4) is 11.5 Å². The molecular formula is C26H29ClN2O3. The number of morpholine rings is 1. The van der Waals surface area contributed by atoms with E-state index in [0.717, 1.165) is 65.3 Å². The third-order valence-corrected chi connectivity index (χ3v) is 5.97. The third-order valence-electron chi connectivity index (χ3n) is 5.67. The Balaban J connectivity index is 1.38. The van der Waals surface area contributed by atoms with Gasteiger partial charge in [0.2, 0.25) is 0 Å². The van der Waals surface area contributed by atoms with Gasteiger partial charge in [-0.15, -0.1) is 0 Å². The van der Waals surface area contributed by atoms with E-state index in [-0.39, 0.29) is 0 Å². The van der Waals surface area contributed by atoms with Crippen LogP contribution in [0.5, 0.6) is 11.5 Å². The van der Waals surface area contributed by atoms with Crippen molar-refractivity contribution in [2.45, 2.75) is 20.1 Å². The number of halogens is 1. The van der Waals surface area contributed by atoms with E-state index in [1.54, 1.807) is 7.11 Å². The van der Waals surface area contributed by atoms with Crippen molar-refractivity contribution in [2.24, 2.45) is 0 Å². The Bertz CT molecular complexity index is 1050. The highest BCUT2D eigenvalue weighted by Gasteiger charge is 2.14. The van der Waals surface area contributed by atoms with Gasteiger partial charge in [0.1, 0.15) is 6.61 Å². The zero-order valence-electron chi connectivity index (χ0n) is 18.6. The van der Waals surface area contributed by atoms with Crippen molar-refractivity contribution in [3.63, 3.8) is 0 Å². The number of methoxy groups -OCH3 is 1. The first-order chi connectivity index (χ1) is 15.6. The summed E-state index contributed by atoms with van der Waals surface area (Å²) in [6, 6.07) is 20.3. The highest BCUT2D eigenvalue weighted by Crippen LogP contribution is 2.31. The predicted molar refractivity (Wildman–Crippen MR) is 130 cm³/mol. The van der Waals surface area contributed by atoms with E-state index in [4.69, 9.17) is 25.8 Å². The number of hydrogen-bond acceptors (Lipinski definition) is 5. The number of nitrogens with zero attached hydrogens (tertiary/aromatic N) is 1. The average molecular weight is 453 g/mol. The van der Waals surface area contributed by atoms with Gasteiger partial charge in [-0.05, 0) is 53.9 Å². The summed E-state index contributed by atoms with van der Waals surface area (Å²) in [5.41, 5.74) is 5.50. The Morgan fingerprint density at radius 2 is 1.81 bits per heavy atom. The van der Waals surface area contributed by atoms with Crippen molar-refractivity contribution in [1.82, 2.24) is 0 Å². The van der Waals surface area contributed by atoms with E-state index in [2.05, 4.69) is 41.4 Å². The number of benzene rings is 3. The molecule has 1 saturated heterocycles. The number of nitrogens with one attached hydrogen (secondary N) is 1. The number of ether oxygens (including phenoxy) is 3. The topological polar surface area (TPSA) is 43.0 Å². The maximum atomic E-state index is 6.55. The molecule has 5 nitrogen and oxygen atoms in total. The van der Waals surface area contributed by atoms with Crippen LogP contribution < -0.4 is 19.7 Å². The lowest BCUT2D eigenvalue weighted by atomic mass is 10.1. The molecule has 0 radical (unpaired) electrons. The Kier molecular flexibility index (Phi) is 7.40. The number of hydrogen-bond donors (Lipinski definition) is 1. The van der Waals surface area contributed by atoms with Crippen LogP contribution in [-0.4, -0.2) is 33.4 Å². The molecule has 168 valence electrons. The molecule has 32 heavy (non-hydrogen) atoms. The van der Waals surface area contributed by atoms with Crippen molar-refractivity contribution < 1.29 is 14.2 Å². The summed E-state index contributed by atoms with van der Waals surface area (Å²) in [5, 5.41) is 4.19. The van der Waals surface area contributed by atoms with Gasteiger partial charge in [-0.3, -0.25) is 0 Å². The zero-order chi connectivity index (χ0) is 22.3. The van der Waals surface area contributed by atoms with Crippen molar-refractivity contribution in [1.29, 1.82) is 0 Å². The summed E-state index contributed by atoms with van der Waals surface area (Å²) in [5.74, 6) is 1.45. The Labute approximate surface area is 194 Å². The van der Waals surface area contributed by atoms with Gasteiger partial charge in [0.05, 0.1) is 31.0 Å². The molecule has 0 bridgehead atoms. The lowest BCUT2D eigenvalue weighted by Crippen LogP contribution is -2.36. The fourth-order valence-corrected chi connectivity index (χ4v) is 4.05. The van der Waals surface area contributed by atoms with Gasteiger partial charge in [0.25, 0.3) is 0 Å². The summed E-state index contributed by atoms with van der Waals surface area (Å²) in [6.45, 7) is 6.46. The van der Waals surface area contributed by atoms with Crippen LogP contribution in [-0.2, 0) is 17.9 Å². The molecule has 0 amide bonds. The molecule has 3 aromatic carbocycles. The van der Waals surface area contributed by atoms with Crippen molar-refractivity contribution in [2.75, 3.05) is 43.6 Å². The molecule has 0 spiro atoms. The van der Waals surface area contributed by atoms with Gasteiger partial charge in [-0.2, -0.15) is 0 Å². The number of anilines is 2.